The van der Waals surface area contributed by atoms with Crippen molar-refractivity contribution in [1.82, 2.24) is 4.31 Å². The third-order valence-electron chi connectivity index (χ3n) is 3.16. The second kappa shape index (κ2) is 6.86. The Balaban J connectivity index is 0.00000162. The largest absolute Gasteiger partial charge is 0.330 e. The molecule has 104 valence electrons. The Labute approximate surface area is 119 Å². The number of thiophene rings is 1. The minimum absolute atomic E-state index is 0. The topological polar surface area (TPSA) is 63.4 Å². The second-order valence-electron chi connectivity index (χ2n) is 4.39. The van der Waals surface area contributed by atoms with Gasteiger partial charge in [-0.3, -0.25) is 0 Å². The molecule has 1 fully saturated rings. The Bertz CT molecular complexity index is 448. The quantitative estimate of drug-likeness (QED) is 0.892. The number of hydrogen-bond acceptors (Lipinski definition) is 4. The molecule has 1 saturated heterocycles. The summed E-state index contributed by atoms with van der Waals surface area (Å²) in [5.74, 6) is 0.552. The monoisotopic (exact) mass is 310 g/mol. The fraction of sp³-hybridized carbons (Fsp3) is 0.636. The maximum atomic E-state index is 12.1. The van der Waals surface area contributed by atoms with Crippen LogP contribution >= 0.6 is 23.7 Å². The first-order chi connectivity index (χ1) is 8.12. The van der Waals surface area contributed by atoms with Gasteiger partial charge in [0.2, 0.25) is 10.0 Å². The SMILES string of the molecule is Cl.NCC1CCN(S(=O)(=O)CCc2cccs2)C1. The van der Waals surface area contributed by atoms with Crippen molar-refractivity contribution in [2.24, 2.45) is 11.7 Å². The molecular weight excluding hydrogens is 292 g/mol. The summed E-state index contributed by atoms with van der Waals surface area (Å²) >= 11 is 1.61. The van der Waals surface area contributed by atoms with Gasteiger partial charge in [0.05, 0.1) is 5.75 Å². The lowest BCUT2D eigenvalue weighted by Gasteiger charge is -2.15. The molecule has 7 heteroatoms. The van der Waals surface area contributed by atoms with Gasteiger partial charge in [0.25, 0.3) is 0 Å². The number of rotatable bonds is 5. The van der Waals surface area contributed by atoms with Crippen molar-refractivity contribution in [3.63, 3.8) is 0 Å². The third kappa shape index (κ3) is 3.93. The van der Waals surface area contributed by atoms with Gasteiger partial charge in [0.15, 0.2) is 0 Å². The molecule has 18 heavy (non-hydrogen) atoms. The van der Waals surface area contributed by atoms with Crippen LogP contribution in [0.4, 0.5) is 0 Å². The van der Waals surface area contributed by atoms with E-state index in [0.717, 1.165) is 11.3 Å². The normalized spacial score (nSPS) is 20.8. The van der Waals surface area contributed by atoms with E-state index in [1.807, 2.05) is 17.5 Å². The molecule has 0 spiro atoms. The highest BCUT2D eigenvalue weighted by Gasteiger charge is 2.30. The number of halogens is 1. The Kier molecular flexibility index (Phi) is 6.07. The summed E-state index contributed by atoms with van der Waals surface area (Å²) in [5, 5.41) is 1.97. The molecule has 1 aromatic heterocycles. The Morgan fingerprint density at radius 1 is 1.50 bits per heavy atom. The molecule has 2 rings (SSSR count). The number of aryl methyl sites for hydroxylation is 1. The predicted octanol–water partition coefficient (Wildman–Crippen LogP) is 1.32. The van der Waals surface area contributed by atoms with Crippen LogP contribution in [-0.4, -0.2) is 38.1 Å². The molecule has 2 N–H and O–H groups in total. The molecule has 0 radical (unpaired) electrons. The minimum Gasteiger partial charge on any atom is -0.330 e. The van der Waals surface area contributed by atoms with Gasteiger partial charge in [-0.25, -0.2) is 12.7 Å². The van der Waals surface area contributed by atoms with Crippen LogP contribution in [-0.2, 0) is 16.4 Å². The van der Waals surface area contributed by atoms with E-state index in [9.17, 15) is 8.42 Å². The van der Waals surface area contributed by atoms with Gasteiger partial charge in [-0.15, -0.1) is 23.7 Å². The van der Waals surface area contributed by atoms with E-state index in [-0.39, 0.29) is 18.2 Å². The van der Waals surface area contributed by atoms with E-state index >= 15 is 0 Å². The van der Waals surface area contributed by atoms with Gasteiger partial charge >= 0.3 is 0 Å². The summed E-state index contributed by atoms with van der Waals surface area (Å²) in [6.07, 6.45) is 1.51. The van der Waals surface area contributed by atoms with Crippen molar-refractivity contribution in [1.29, 1.82) is 0 Å². The van der Waals surface area contributed by atoms with Crippen molar-refractivity contribution < 1.29 is 8.42 Å². The molecule has 1 atom stereocenters. The van der Waals surface area contributed by atoms with Gasteiger partial charge in [-0.2, -0.15) is 0 Å². The van der Waals surface area contributed by atoms with E-state index < -0.39 is 10.0 Å². The van der Waals surface area contributed by atoms with E-state index in [2.05, 4.69) is 0 Å². The van der Waals surface area contributed by atoms with Gasteiger partial charge in [0.1, 0.15) is 0 Å². The number of nitrogens with two attached hydrogens (primary N) is 1. The summed E-state index contributed by atoms with van der Waals surface area (Å²) in [6, 6.07) is 3.93. The number of nitrogens with zero attached hydrogens (tertiary/aromatic N) is 1. The van der Waals surface area contributed by atoms with Crippen LogP contribution in [0.25, 0.3) is 0 Å². The van der Waals surface area contributed by atoms with Crippen molar-refractivity contribution in [3.8, 4) is 0 Å². The summed E-state index contributed by atoms with van der Waals surface area (Å²) in [5.41, 5.74) is 5.57. The Hall–Kier alpha value is -0.140. The fourth-order valence-electron chi connectivity index (χ4n) is 2.06. The van der Waals surface area contributed by atoms with E-state index in [1.165, 1.54) is 0 Å². The van der Waals surface area contributed by atoms with Gasteiger partial charge in [-0.05, 0) is 36.8 Å². The number of sulfonamides is 1. The predicted molar refractivity (Wildman–Crippen MR) is 77.8 cm³/mol. The molecule has 1 aliphatic rings. The van der Waals surface area contributed by atoms with Crippen molar-refractivity contribution in [2.45, 2.75) is 12.8 Å². The zero-order chi connectivity index (χ0) is 12.3. The lowest BCUT2D eigenvalue weighted by atomic mass is 10.1. The third-order valence-corrected chi connectivity index (χ3v) is 5.94. The highest BCUT2D eigenvalue weighted by Crippen LogP contribution is 2.20. The van der Waals surface area contributed by atoms with Gasteiger partial charge in [-0.1, -0.05) is 6.07 Å². The fourth-order valence-corrected chi connectivity index (χ4v) is 4.45. The lowest BCUT2D eigenvalue weighted by Crippen LogP contribution is -2.32. The summed E-state index contributed by atoms with van der Waals surface area (Å²) in [7, 11) is -3.09. The van der Waals surface area contributed by atoms with Gasteiger partial charge < -0.3 is 5.73 Å². The van der Waals surface area contributed by atoms with Crippen LogP contribution in [0.3, 0.4) is 0 Å². The zero-order valence-electron chi connectivity index (χ0n) is 10.1. The van der Waals surface area contributed by atoms with Crippen LogP contribution in [0.2, 0.25) is 0 Å². The molecule has 0 aliphatic carbocycles. The summed E-state index contributed by atoms with van der Waals surface area (Å²) < 4.78 is 25.8. The minimum atomic E-state index is -3.09. The molecule has 0 bridgehead atoms. The molecular formula is C11H19ClN2O2S2. The maximum Gasteiger partial charge on any atom is 0.214 e. The smallest absolute Gasteiger partial charge is 0.214 e. The first-order valence-corrected chi connectivity index (χ1v) is 8.31. The average Bonchev–Trinajstić information content (AvgIpc) is 2.98. The standard InChI is InChI=1S/C11H18N2O2S2.ClH/c12-8-10-3-5-13(9-10)17(14,15)7-4-11-2-1-6-16-11;/h1-2,6,10H,3-5,7-9,12H2;1H. The van der Waals surface area contributed by atoms with Crippen molar-refractivity contribution in [3.05, 3.63) is 22.4 Å². The van der Waals surface area contributed by atoms with Crippen LogP contribution in [0.5, 0.6) is 0 Å². The van der Waals surface area contributed by atoms with Crippen LogP contribution in [0, 0.1) is 5.92 Å². The lowest BCUT2D eigenvalue weighted by molar-refractivity contribution is 0.459. The molecule has 2 heterocycles. The molecule has 0 amide bonds. The molecule has 1 aliphatic heterocycles. The highest BCUT2D eigenvalue weighted by molar-refractivity contribution is 7.89. The van der Waals surface area contributed by atoms with E-state index in [4.69, 9.17) is 5.73 Å². The van der Waals surface area contributed by atoms with Crippen molar-refractivity contribution in [2.75, 3.05) is 25.4 Å². The van der Waals surface area contributed by atoms with E-state index in [1.54, 1.807) is 15.6 Å². The summed E-state index contributed by atoms with van der Waals surface area (Å²) in [4.78, 5) is 1.13. The van der Waals surface area contributed by atoms with Crippen molar-refractivity contribution >= 4 is 33.8 Å². The Morgan fingerprint density at radius 3 is 2.83 bits per heavy atom. The molecule has 1 unspecified atom stereocenters. The van der Waals surface area contributed by atoms with Gasteiger partial charge in [0, 0.05) is 18.0 Å². The highest BCUT2D eigenvalue weighted by atomic mass is 35.5. The first kappa shape index (κ1) is 15.9. The first-order valence-electron chi connectivity index (χ1n) is 5.82. The second-order valence-corrected chi connectivity index (χ2v) is 7.51. The van der Waals surface area contributed by atoms with Crippen LogP contribution < -0.4 is 5.73 Å². The maximum absolute atomic E-state index is 12.1. The van der Waals surface area contributed by atoms with Crippen LogP contribution in [0.1, 0.15) is 11.3 Å². The number of hydrogen-bond donors (Lipinski definition) is 1. The zero-order valence-corrected chi connectivity index (χ0v) is 12.6. The molecule has 1 aromatic rings. The molecule has 0 saturated carbocycles. The summed E-state index contributed by atoms with van der Waals surface area (Å²) in [6.45, 7) is 1.81. The Morgan fingerprint density at radius 2 is 2.28 bits per heavy atom. The molecule has 4 nitrogen and oxygen atoms in total. The van der Waals surface area contributed by atoms with E-state index in [0.29, 0.717) is 32.0 Å². The average molecular weight is 311 g/mol. The van der Waals surface area contributed by atoms with Crippen LogP contribution in [0.15, 0.2) is 17.5 Å². The molecule has 0 aromatic carbocycles.